The van der Waals surface area contributed by atoms with Crippen LogP contribution in [0.1, 0.15) is 13.8 Å². The summed E-state index contributed by atoms with van der Waals surface area (Å²) in [5.74, 6) is 0.921. The van der Waals surface area contributed by atoms with Crippen LogP contribution < -0.4 is 5.32 Å². The fourth-order valence-electron chi connectivity index (χ4n) is 0.828. The zero-order chi connectivity index (χ0) is 8.81. The van der Waals surface area contributed by atoms with Crippen LogP contribution in [0, 0.1) is 0 Å². The minimum absolute atomic E-state index is 0.539. The first kappa shape index (κ1) is 9.13. The Morgan fingerprint density at radius 2 is 2.00 bits per heavy atom. The van der Waals surface area contributed by atoms with Crippen molar-refractivity contribution in [3.8, 4) is 0 Å². The zero-order valence-corrected chi connectivity index (χ0v) is 7.59. The maximum Gasteiger partial charge on any atom is 0.116 e. The van der Waals surface area contributed by atoms with E-state index in [1.807, 2.05) is 26.0 Å². The predicted molar refractivity (Wildman–Crippen MR) is 47.4 cm³/mol. The molecule has 0 spiro atoms. The van der Waals surface area contributed by atoms with Crippen LogP contribution in [-0.2, 0) is 9.47 Å². The fourth-order valence-corrected chi connectivity index (χ4v) is 0.828. The summed E-state index contributed by atoms with van der Waals surface area (Å²) in [7, 11) is 0. The molecule has 1 aliphatic heterocycles. The molecule has 1 N–H and O–H groups in total. The molecule has 0 aliphatic carbocycles. The highest BCUT2D eigenvalue weighted by Gasteiger charge is 1.97. The van der Waals surface area contributed by atoms with Crippen LogP contribution >= 0.6 is 0 Å². The second-order valence-corrected chi connectivity index (χ2v) is 2.66. The highest BCUT2D eigenvalue weighted by molar-refractivity contribution is 5.01. The summed E-state index contributed by atoms with van der Waals surface area (Å²) in [6.45, 7) is 5.72. The molecule has 0 saturated carbocycles. The van der Waals surface area contributed by atoms with Crippen LogP contribution in [0.4, 0.5) is 0 Å². The monoisotopic (exact) mass is 169 g/mol. The maximum absolute atomic E-state index is 5.41. The van der Waals surface area contributed by atoms with Gasteiger partial charge in [-0.2, -0.15) is 0 Å². The molecule has 0 aromatic carbocycles. The van der Waals surface area contributed by atoms with Gasteiger partial charge >= 0.3 is 0 Å². The quantitative estimate of drug-likeness (QED) is 0.556. The number of rotatable bonds is 0. The van der Waals surface area contributed by atoms with Crippen LogP contribution in [0.3, 0.4) is 0 Å². The van der Waals surface area contributed by atoms with E-state index in [0.717, 1.165) is 11.5 Å². The molecule has 3 nitrogen and oxygen atoms in total. The second kappa shape index (κ2) is 4.83. The molecule has 68 valence electrons. The summed E-state index contributed by atoms with van der Waals surface area (Å²) in [6.07, 6.45) is 3.91. The molecule has 0 unspecified atom stereocenters. The SMILES string of the molecule is C/C1=C(\C)OC/C=C\COCN1. The first-order chi connectivity index (χ1) is 5.80. The molecule has 3 heteroatoms. The van der Waals surface area contributed by atoms with E-state index in [0.29, 0.717) is 19.9 Å². The topological polar surface area (TPSA) is 30.5 Å². The highest BCUT2D eigenvalue weighted by atomic mass is 16.5. The third kappa shape index (κ3) is 2.96. The van der Waals surface area contributed by atoms with Gasteiger partial charge in [0.2, 0.25) is 0 Å². The minimum atomic E-state index is 0.539. The van der Waals surface area contributed by atoms with Crippen LogP contribution in [0.15, 0.2) is 23.6 Å². The molecule has 0 aromatic heterocycles. The Kier molecular flexibility index (Phi) is 3.67. The largest absolute Gasteiger partial charge is 0.492 e. The summed E-state index contributed by atoms with van der Waals surface area (Å²) in [6, 6.07) is 0. The molecule has 0 radical (unpaired) electrons. The first-order valence-corrected chi connectivity index (χ1v) is 4.07. The summed E-state index contributed by atoms with van der Waals surface area (Å²) in [4.78, 5) is 0. The lowest BCUT2D eigenvalue weighted by molar-refractivity contribution is 0.143. The van der Waals surface area contributed by atoms with Crippen molar-refractivity contribution in [3.05, 3.63) is 23.6 Å². The van der Waals surface area contributed by atoms with Crippen LogP contribution in [0.2, 0.25) is 0 Å². The molecule has 1 aliphatic rings. The van der Waals surface area contributed by atoms with E-state index in [4.69, 9.17) is 9.47 Å². The Bertz CT molecular complexity index is 197. The van der Waals surface area contributed by atoms with Gasteiger partial charge in [-0.15, -0.1) is 0 Å². The van der Waals surface area contributed by atoms with Gasteiger partial charge in [-0.05, 0) is 19.9 Å². The van der Waals surface area contributed by atoms with Gasteiger partial charge in [-0.1, -0.05) is 6.08 Å². The van der Waals surface area contributed by atoms with E-state index in [2.05, 4.69) is 5.32 Å². The number of hydrogen-bond acceptors (Lipinski definition) is 3. The second-order valence-electron chi connectivity index (χ2n) is 2.66. The molecule has 0 atom stereocenters. The van der Waals surface area contributed by atoms with Gasteiger partial charge in [0.25, 0.3) is 0 Å². The Morgan fingerprint density at radius 1 is 1.25 bits per heavy atom. The standard InChI is InChI=1S/C9H15NO2/c1-8-9(2)12-6-4-3-5-11-7-10-8/h3-4,10H,5-7H2,1-2H3/b4-3-,9-8-. The molecular weight excluding hydrogens is 154 g/mol. The molecule has 0 fully saturated rings. The van der Waals surface area contributed by atoms with Crippen molar-refractivity contribution in [2.45, 2.75) is 13.8 Å². The molecule has 0 bridgehead atoms. The average molecular weight is 169 g/mol. The Balaban J connectivity index is 2.52. The third-order valence-electron chi connectivity index (χ3n) is 1.74. The van der Waals surface area contributed by atoms with Gasteiger partial charge in [-0.3, -0.25) is 0 Å². The van der Waals surface area contributed by atoms with E-state index in [9.17, 15) is 0 Å². The van der Waals surface area contributed by atoms with Crippen molar-refractivity contribution < 1.29 is 9.47 Å². The summed E-state index contributed by atoms with van der Waals surface area (Å²) < 4.78 is 10.6. The predicted octanol–water partition coefficient (Wildman–Crippen LogP) is 1.39. The van der Waals surface area contributed by atoms with Gasteiger partial charge < -0.3 is 14.8 Å². The summed E-state index contributed by atoms with van der Waals surface area (Å²) in [5, 5.41) is 3.10. The number of ether oxygens (including phenoxy) is 2. The van der Waals surface area contributed by atoms with Crippen molar-refractivity contribution in [1.29, 1.82) is 0 Å². The van der Waals surface area contributed by atoms with Gasteiger partial charge in [0, 0.05) is 5.70 Å². The molecule has 12 heavy (non-hydrogen) atoms. The van der Waals surface area contributed by atoms with Crippen molar-refractivity contribution in [2.24, 2.45) is 0 Å². The van der Waals surface area contributed by atoms with Crippen LogP contribution in [0.25, 0.3) is 0 Å². The van der Waals surface area contributed by atoms with Crippen molar-refractivity contribution in [1.82, 2.24) is 5.32 Å². The van der Waals surface area contributed by atoms with Gasteiger partial charge in [-0.25, -0.2) is 0 Å². The lowest BCUT2D eigenvalue weighted by Crippen LogP contribution is -2.18. The third-order valence-corrected chi connectivity index (χ3v) is 1.74. The molecule has 0 amide bonds. The van der Waals surface area contributed by atoms with Gasteiger partial charge in [0.05, 0.1) is 6.61 Å². The number of nitrogens with one attached hydrogen (secondary N) is 1. The summed E-state index contributed by atoms with van der Waals surface area (Å²) >= 11 is 0. The number of hydrogen-bond donors (Lipinski definition) is 1. The lowest BCUT2D eigenvalue weighted by atomic mass is 10.4. The zero-order valence-electron chi connectivity index (χ0n) is 7.59. The molecule has 1 rings (SSSR count). The van der Waals surface area contributed by atoms with Crippen molar-refractivity contribution in [3.63, 3.8) is 0 Å². The average Bonchev–Trinajstić information content (AvgIpc) is 2.08. The van der Waals surface area contributed by atoms with E-state index >= 15 is 0 Å². The fraction of sp³-hybridized carbons (Fsp3) is 0.556. The molecule has 0 saturated heterocycles. The van der Waals surface area contributed by atoms with Crippen molar-refractivity contribution in [2.75, 3.05) is 19.9 Å². The van der Waals surface area contributed by atoms with Crippen LogP contribution in [-0.4, -0.2) is 19.9 Å². The van der Waals surface area contributed by atoms with Gasteiger partial charge in [0.1, 0.15) is 19.1 Å². The Labute approximate surface area is 73.1 Å². The molecule has 1 heterocycles. The molecule has 0 aromatic rings. The maximum atomic E-state index is 5.41. The van der Waals surface area contributed by atoms with E-state index in [-0.39, 0.29) is 0 Å². The highest BCUT2D eigenvalue weighted by Crippen LogP contribution is 2.02. The number of allylic oxidation sites excluding steroid dienone is 2. The Hall–Kier alpha value is -0.960. The van der Waals surface area contributed by atoms with Gasteiger partial charge in [0.15, 0.2) is 0 Å². The first-order valence-electron chi connectivity index (χ1n) is 4.07. The smallest absolute Gasteiger partial charge is 0.116 e. The normalized spacial score (nSPS) is 28.5. The Morgan fingerprint density at radius 3 is 2.83 bits per heavy atom. The van der Waals surface area contributed by atoms with E-state index in [1.165, 1.54) is 0 Å². The summed E-state index contributed by atoms with van der Waals surface area (Å²) in [5.41, 5.74) is 1.03. The van der Waals surface area contributed by atoms with Crippen molar-refractivity contribution >= 4 is 0 Å². The lowest BCUT2D eigenvalue weighted by Gasteiger charge is -2.12. The molecular formula is C9H15NO2. The van der Waals surface area contributed by atoms with E-state index in [1.54, 1.807) is 0 Å². The van der Waals surface area contributed by atoms with E-state index < -0.39 is 0 Å². The minimum Gasteiger partial charge on any atom is -0.492 e. The van der Waals surface area contributed by atoms with Crippen LogP contribution in [0.5, 0.6) is 0 Å².